The molecule has 0 radical (unpaired) electrons. The van der Waals surface area contributed by atoms with E-state index in [2.05, 4.69) is 30.6 Å². The second-order valence-corrected chi connectivity index (χ2v) is 24.9. The summed E-state index contributed by atoms with van der Waals surface area (Å²) in [4.78, 5) is 14.6. The number of rotatable bonds is 44. The van der Waals surface area contributed by atoms with E-state index in [1.54, 1.807) is 42.7 Å². The fourth-order valence-electron chi connectivity index (χ4n) is 11.9. The number of ether oxygens (including phenoxy) is 17. The molecule has 11 atom stereocenters. The first-order valence-electron chi connectivity index (χ1n) is 35.0. The molecule has 6 aromatic carbocycles. The molecule has 1 unspecified atom stereocenters. The van der Waals surface area contributed by atoms with Gasteiger partial charge in [-0.25, -0.2) is 0 Å². The Morgan fingerprint density at radius 1 is 0.380 bits per heavy atom. The zero-order valence-corrected chi connectivity index (χ0v) is 59.9. The number of unbranched alkanes of at least 4 members (excludes halogenated alkanes) is 9. The lowest BCUT2D eigenvalue weighted by Gasteiger charge is -2.50. The highest BCUT2D eigenvalue weighted by Gasteiger charge is 2.55. The van der Waals surface area contributed by atoms with Crippen molar-refractivity contribution in [2.75, 3.05) is 55.9 Å². The fraction of sp³-hybridized carbons (Fsp3) is 0.500. The Bertz CT molecular complexity index is 3360. The quantitative estimate of drug-likeness (QED) is 0.0200. The zero-order chi connectivity index (χ0) is 70.5. The molecule has 0 saturated carbocycles. The summed E-state index contributed by atoms with van der Waals surface area (Å²) in [7, 11) is 9.79. The van der Waals surface area contributed by atoms with Crippen molar-refractivity contribution in [1.29, 1.82) is 0 Å². The summed E-state index contributed by atoms with van der Waals surface area (Å²) in [6.45, 7) is 6.56. The van der Waals surface area contributed by atoms with Crippen LogP contribution in [0.4, 0.5) is 0 Å². The van der Waals surface area contributed by atoms with Crippen LogP contribution in [0.2, 0.25) is 0 Å². The maximum Gasteiger partial charge on any atom is 0.306 e. The molecule has 18 nitrogen and oxygen atoms in total. The number of methoxy groups -OCH3 is 6. The van der Waals surface area contributed by atoms with Gasteiger partial charge in [0, 0.05) is 19.3 Å². The van der Waals surface area contributed by atoms with Crippen molar-refractivity contribution in [3.05, 3.63) is 179 Å². The molecule has 2 heterocycles. The summed E-state index contributed by atoms with van der Waals surface area (Å²) in [6, 6.07) is 46.0. The van der Waals surface area contributed by atoms with Gasteiger partial charge < -0.3 is 80.5 Å². The van der Waals surface area contributed by atoms with E-state index in [1.165, 1.54) is 0 Å². The van der Waals surface area contributed by atoms with Gasteiger partial charge in [0.15, 0.2) is 18.7 Å². The first kappa shape index (κ1) is 78.0. The molecule has 0 aliphatic carbocycles. The van der Waals surface area contributed by atoms with Crippen LogP contribution in [0.3, 0.4) is 0 Å². The van der Waals surface area contributed by atoms with E-state index in [0.29, 0.717) is 41.6 Å². The number of carbonyl (C=O) groups is 1. The van der Waals surface area contributed by atoms with E-state index in [9.17, 15) is 4.79 Å². The smallest absolute Gasteiger partial charge is 0.306 e. The Kier molecular flexibility index (Phi) is 34.2. The van der Waals surface area contributed by atoms with Crippen LogP contribution in [-0.4, -0.2) is 129 Å². The highest BCUT2D eigenvalue weighted by atomic mass is 16.8. The number of hydrogen-bond acceptors (Lipinski definition) is 18. The van der Waals surface area contributed by atoms with Crippen LogP contribution in [-0.2, 0) is 96.5 Å². The van der Waals surface area contributed by atoms with Gasteiger partial charge in [-0.2, -0.15) is 0 Å². The van der Waals surface area contributed by atoms with E-state index < -0.39 is 67.4 Å². The number of carbonyl (C=O) groups excluding carboxylic acids is 1. The fourth-order valence-corrected chi connectivity index (χ4v) is 11.9. The molecule has 18 heteroatoms. The minimum atomic E-state index is -1.33. The van der Waals surface area contributed by atoms with Gasteiger partial charge in [-0.05, 0) is 153 Å². The summed E-state index contributed by atoms with van der Waals surface area (Å²) in [5.41, 5.74) is 5.17. The normalized spacial score (nSPS) is 20.6. The van der Waals surface area contributed by atoms with Gasteiger partial charge in [-0.15, -0.1) is 23.7 Å². The van der Waals surface area contributed by atoms with Crippen molar-refractivity contribution in [2.24, 2.45) is 0 Å². The maximum absolute atomic E-state index is 14.6. The minimum Gasteiger partial charge on any atom is -0.497 e. The SMILES string of the molecule is CC#CCCCCCCCC(=O)O[C@H]1[C@H](OCc2ccc(OC)cc2)[C@@H](OCc2ccc(OC)cc2)[C@H](O[C@H]2[C@H](OC(C)CCCCCCC#CC)O[C@H](COCc3ccc(OC)cc3)[C@@H](OCc3ccc(OC)cc3)[C@@H]2OCc2ccc(OC)cc2)O[C@@H]1COCc1ccc(OC)cc1. The van der Waals surface area contributed by atoms with Crippen LogP contribution >= 0.6 is 0 Å². The van der Waals surface area contributed by atoms with Crippen molar-refractivity contribution < 1.29 is 85.3 Å². The predicted octanol–water partition coefficient (Wildman–Crippen LogP) is 15.1. The van der Waals surface area contributed by atoms with E-state index in [-0.39, 0.29) is 65.4 Å². The average Bonchev–Trinajstić information content (AvgIpc) is 0.768. The van der Waals surface area contributed by atoms with Crippen LogP contribution < -0.4 is 28.4 Å². The summed E-state index contributed by atoms with van der Waals surface area (Å²) >= 11 is 0. The van der Waals surface area contributed by atoms with Crippen LogP contribution in [0.1, 0.15) is 138 Å². The Hall–Kier alpha value is -7.69. The number of esters is 1. The number of benzene rings is 6. The lowest BCUT2D eigenvalue weighted by molar-refractivity contribution is -0.385. The molecule has 6 aromatic rings. The third-order valence-corrected chi connectivity index (χ3v) is 17.6. The summed E-state index contributed by atoms with van der Waals surface area (Å²) in [6.07, 6.45) is -0.0251. The second kappa shape index (κ2) is 43.9. The molecule has 100 heavy (non-hydrogen) atoms. The Labute approximate surface area is 593 Å². The standard InChI is InChI=1S/C82H104O18/c1-10-12-14-16-18-20-22-24-26-74(83)99-76-73(58-91-52-61-29-41-67(85-5)42-30-61)98-81(79(95-56-65-37-49-71(89-9)50-38-65)78(76)94-55-64-35-47-70(88-8)48-36-64)100-80-77(93-54-63-33-45-69(87-7)46-34-63)75(92-53-62-31-43-68(86-6)44-32-62)72(57-90-51-60-27-39-66(84-4)40-28-60)97-82(80)96-59(3)25-23-21-19-17-15-13-11-2/h27-50,59,72-73,75-82H,14-26,51-58H2,1-9H3/t59?,72-,73-,75-,76-,77+,78+,79-,80-,81+,82-/m1/s1. The van der Waals surface area contributed by atoms with Gasteiger partial charge in [-0.3, -0.25) is 4.79 Å². The molecule has 8 rings (SSSR count). The van der Waals surface area contributed by atoms with Crippen LogP contribution in [0, 0.1) is 23.7 Å². The second-order valence-electron chi connectivity index (χ2n) is 24.9. The van der Waals surface area contributed by atoms with E-state index in [4.69, 9.17) is 80.5 Å². The molecular formula is C82H104O18. The molecule has 540 valence electrons. The van der Waals surface area contributed by atoms with Gasteiger partial charge in [0.05, 0.1) is 102 Å². The molecule has 0 spiro atoms. The van der Waals surface area contributed by atoms with Gasteiger partial charge in [0.2, 0.25) is 0 Å². The molecule has 0 amide bonds. The van der Waals surface area contributed by atoms with Gasteiger partial charge in [0.25, 0.3) is 0 Å². The Morgan fingerprint density at radius 3 is 1.11 bits per heavy atom. The van der Waals surface area contributed by atoms with Crippen LogP contribution in [0.15, 0.2) is 146 Å². The summed E-state index contributed by atoms with van der Waals surface area (Å²) in [5.74, 6) is 16.1. The first-order chi connectivity index (χ1) is 49.0. The lowest BCUT2D eigenvalue weighted by atomic mass is 9.95. The maximum atomic E-state index is 14.6. The van der Waals surface area contributed by atoms with Crippen molar-refractivity contribution in [3.8, 4) is 58.2 Å². The third-order valence-electron chi connectivity index (χ3n) is 17.6. The van der Waals surface area contributed by atoms with Gasteiger partial charge >= 0.3 is 5.97 Å². The van der Waals surface area contributed by atoms with E-state index in [0.717, 1.165) is 103 Å². The van der Waals surface area contributed by atoms with Crippen molar-refractivity contribution >= 4 is 5.97 Å². The van der Waals surface area contributed by atoms with Gasteiger partial charge in [0.1, 0.15) is 77.2 Å². The van der Waals surface area contributed by atoms with Crippen LogP contribution in [0.25, 0.3) is 0 Å². The largest absolute Gasteiger partial charge is 0.497 e. The highest BCUT2D eigenvalue weighted by molar-refractivity contribution is 5.69. The topological polar surface area (TPSA) is 174 Å². The summed E-state index contributed by atoms with van der Waals surface area (Å²) < 4.78 is 112. The Morgan fingerprint density at radius 2 is 0.710 bits per heavy atom. The molecule has 2 aliphatic rings. The van der Waals surface area contributed by atoms with Gasteiger partial charge in [-0.1, -0.05) is 111 Å². The minimum absolute atomic E-state index is 0.0468. The van der Waals surface area contributed by atoms with Crippen molar-refractivity contribution in [1.82, 2.24) is 0 Å². The van der Waals surface area contributed by atoms with Crippen molar-refractivity contribution in [2.45, 2.75) is 211 Å². The molecular weight excluding hydrogens is 1270 g/mol. The first-order valence-corrected chi connectivity index (χ1v) is 35.0. The average molecular weight is 1380 g/mol. The van der Waals surface area contributed by atoms with Crippen molar-refractivity contribution in [3.63, 3.8) is 0 Å². The highest BCUT2D eigenvalue weighted by Crippen LogP contribution is 2.38. The predicted molar refractivity (Wildman–Crippen MR) is 381 cm³/mol. The monoisotopic (exact) mass is 1380 g/mol. The molecule has 2 aliphatic heterocycles. The lowest BCUT2D eigenvalue weighted by Crippen LogP contribution is -2.66. The third kappa shape index (κ3) is 25.7. The summed E-state index contributed by atoms with van der Waals surface area (Å²) in [5, 5.41) is 0. The Balaban J connectivity index is 1.24. The zero-order valence-electron chi connectivity index (χ0n) is 59.9. The van der Waals surface area contributed by atoms with E-state index in [1.807, 2.05) is 159 Å². The molecule has 0 N–H and O–H groups in total. The molecule has 2 saturated heterocycles. The number of hydrogen-bond donors (Lipinski definition) is 0. The van der Waals surface area contributed by atoms with E-state index >= 15 is 0 Å². The van der Waals surface area contributed by atoms with Crippen LogP contribution in [0.5, 0.6) is 34.5 Å². The molecule has 0 aromatic heterocycles. The molecule has 0 bridgehead atoms. The molecule has 2 fully saturated rings.